The zero-order valence-corrected chi connectivity index (χ0v) is 11.5. The third-order valence-corrected chi connectivity index (χ3v) is 4.07. The van der Waals surface area contributed by atoms with Crippen LogP contribution in [0, 0.1) is 0 Å². The van der Waals surface area contributed by atoms with E-state index in [0.717, 1.165) is 24.2 Å². The summed E-state index contributed by atoms with van der Waals surface area (Å²) in [6, 6.07) is 7.41. The van der Waals surface area contributed by atoms with Crippen molar-refractivity contribution in [2.45, 2.75) is 18.3 Å². The van der Waals surface area contributed by atoms with Gasteiger partial charge in [-0.2, -0.15) is 0 Å². The molecule has 0 unspecified atom stereocenters. The smallest absolute Gasteiger partial charge is 0.232 e. The van der Waals surface area contributed by atoms with Crippen molar-refractivity contribution in [1.82, 2.24) is 10.5 Å². The number of nitrogens with zero attached hydrogens (tertiary/aromatic N) is 1. The van der Waals surface area contributed by atoms with E-state index in [4.69, 9.17) is 14.0 Å². The molecule has 6 heteroatoms. The molecule has 1 aliphatic carbocycles. The summed E-state index contributed by atoms with van der Waals surface area (Å²) in [5, 5.41) is 6.77. The van der Waals surface area contributed by atoms with E-state index in [1.807, 2.05) is 24.3 Å². The van der Waals surface area contributed by atoms with Crippen LogP contribution in [0.4, 0.5) is 0 Å². The number of carbonyl (C=O) groups is 1. The molecule has 0 radical (unpaired) electrons. The molecule has 1 aliphatic heterocycles. The van der Waals surface area contributed by atoms with Crippen LogP contribution in [0.2, 0.25) is 0 Å². The van der Waals surface area contributed by atoms with Crippen molar-refractivity contribution < 1.29 is 18.8 Å². The van der Waals surface area contributed by atoms with Crippen LogP contribution >= 0.6 is 0 Å². The van der Waals surface area contributed by atoms with Gasteiger partial charge < -0.3 is 19.3 Å². The average Bonchev–Trinajstić information content (AvgIpc) is 2.98. The van der Waals surface area contributed by atoms with E-state index in [0.29, 0.717) is 17.2 Å². The van der Waals surface area contributed by atoms with E-state index in [-0.39, 0.29) is 12.7 Å². The van der Waals surface area contributed by atoms with E-state index >= 15 is 0 Å². The molecule has 1 N–H and O–H groups in total. The first kappa shape index (κ1) is 12.3. The molecule has 2 aromatic rings. The number of aromatic nitrogens is 1. The monoisotopic (exact) mass is 286 g/mol. The van der Waals surface area contributed by atoms with E-state index in [1.165, 1.54) is 0 Å². The van der Waals surface area contributed by atoms with E-state index < -0.39 is 5.41 Å². The second kappa shape index (κ2) is 4.25. The Hall–Kier alpha value is -2.50. The van der Waals surface area contributed by atoms with Gasteiger partial charge >= 0.3 is 0 Å². The van der Waals surface area contributed by atoms with Crippen LogP contribution in [0.15, 0.2) is 28.8 Å². The zero-order chi connectivity index (χ0) is 14.4. The predicted molar refractivity (Wildman–Crippen MR) is 73.0 cm³/mol. The Bertz CT molecular complexity index is 718. The first-order valence-electron chi connectivity index (χ1n) is 6.82. The maximum Gasteiger partial charge on any atom is 0.232 e. The Kier molecular flexibility index (Phi) is 2.48. The number of hydrogen-bond donors (Lipinski definition) is 1. The number of rotatable bonds is 3. The van der Waals surface area contributed by atoms with Gasteiger partial charge in [-0.3, -0.25) is 4.79 Å². The van der Waals surface area contributed by atoms with Gasteiger partial charge in [0.1, 0.15) is 0 Å². The second-order valence-corrected chi connectivity index (χ2v) is 5.31. The van der Waals surface area contributed by atoms with Gasteiger partial charge in [0.2, 0.25) is 12.7 Å². The summed E-state index contributed by atoms with van der Waals surface area (Å²) in [4.78, 5) is 12.0. The molecule has 1 saturated carbocycles. The number of amides is 1. The number of hydrogen-bond acceptors (Lipinski definition) is 5. The molecule has 1 aromatic heterocycles. The molecule has 0 bridgehead atoms. The number of ether oxygens (including phenoxy) is 2. The summed E-state index contributed by atoms with van der Waals surface area (Å²) in [7, 11) is 1.64. The molecule has 1 fully saturated rings. The third kappa shape index (κ3) is 1.79. The molecule has 21 heavy (non-hydrogen) atoms. The highest BCUT2D eigenvalue weighted by molar-refractivity contribution is 5.90. The van der Waals surface area contributed by atoms with Gasteiger partial charge in [-0.25, -0.2) is 0 Å². The molecule has 0 saturated heterocycles. The van der Waals surface area contributed by atoms with Crippen LogP contribution in [0.25, 0.3) is 11.3 Å². The first-order chi connectivity index (χ1) is 10.2. The summed E-state index contributed by atoms with van der Waals surface area (Å²) in [5.41, 5.74) is 1.03. The lowest BCUT2D eigenvalue weighted by Gasteiger charge is -2.08. The lowest BCUT2D eigenvalue weighted by Crippen LogP contribution is -2.32. The summed E-state index contributed by atoms with van der Waals surface area (Å²) < 4.78 is 16.0. The minimum atomic E-state index is -0.507. The van der Waals surface area contributed by atoms with Crippen molar-refractivity contribution >= 4 is 5.91 Å². The molecule has 2 aliphatic rings. The van der Waals surface area contributed by atoms with Crippen molar-refractivity contribution in [3.63, 3.8) is 0 Å². The molecule has 4 rings (SSSR count). The Balaban J connectivity index is 1.67. The molecule has 1 amide bonds. The van der Waals surface area contributed by atoms with Crippen LogP contribution in [0.3, 0.4) is 0 Å². The molecule has 108 valence electrons. The highest BCUT2D eigenvalue weighted by atomic mass is 16.7. The maximum absolute atomic E-state index is 12.0. The minimum Gasteiger partial charge on any atom is -0.454 e. The minimum absolute atomic E-state index is 0.00645. The van der Waals surface area contributed by atoms with Crippen LogP contribution in [0.5, 0.6) is 11.5 Å². The van der Waals surface area contributed by atoms with Crippen molar-refractivity contribution in [2.24, 2.45) is 0 Å². The van der Waals surface area contributed by atoms with Gasteiger partial charge in [-0.15, -0.1) is 0 Å². The number of benzene rings is 1. The quantitative estimate of drug-likeness (QED) is 0.932. The van der Waals surface area contributed by atoms with E-state index in [1.54, 1.807) is 7.05 Å². The molecular formula is C15H14N2O4. The largest absolute Gasteiger partial charge is 0.454 e. The molecule has 0 spiro atoms. The highest BCUT2D eigenvalue weighted by Gasteiger charge is 2.53. The van der Waals surface area contributed by atoms with Crippen molar-refractivity contribution in [3.05, 3.63) is 30.0 Å². The maximum atomic E-state index is 12.0. The molecular weight excluding hydrogens is 272 g/mol. The molecule has 6 nitrogen and oxygen atoms in total. The summed E-state index contributed by atoms with van der Waals surface area (Å²) >= 11 is 0. The normalized spacial score (nSPS) is 17.6. The fourth-order valence-corrected chi connectivity index (χ4v) is 2.65. The summed E-state index contributed by atoms with van der Waals surface area (Å²) in [6.45, 7) is 0.236. The van der Waals surface area contributed by atoms with Crippen LogP contribution in [-0.2, 0) is 10.2 Å². The van der Waals surface area contributed by atoms with Crippen molar-refractivity contribution in [2.75, 3.05) is 13.8 Å². The van der Waals surface area contributed by atoms with Crippen LogP contribution in [0.1, 0.15) is 18.5 Å². The van der Waals surface area contributed by atoms with Gasteiger partial charge in [0.25, 0.3) is 0 Å². The Morgan fingerprint density at radius 2 is 2.05 bits per heavy atom. The zero-order valence-electron chi connectivity index (χ0n) is 11.5. The van der Waals surface area contributed by atoms with Gasteiger partial charge in [0.05, 0.1) is 11.1 Å². The molecule has 0 atom stereocenters. The van der Waals surface area contributed by atoms with E-state index in [9.17, 15) is 4.79 Å². The summed E-state index contributed by atoms with van der Waals surface area (Å²) in [5.74, 6) is 2.03. The SMILES string of the molecule is CNC(=O)C1(c2cc(-c3ccc4c(c3)OCO4)on2)CC1. The lowest BCUT2D eigenvalue weighted by atomic mass is 10.0. The lowest BCUT2D eigenvalue weighted by molar-refractivity contribution is -0.123. The predicted octanol–water partition coefficient (Wildman–Crippen LogP) is 1.85. The molecule has 2 heterocycles. The number of likely N-dealkylation sites (N-methyl/N-ethyl adjacent to an activating group) is 1. The standard InChI is InChI=1S/C15H14N2O4/c1-16-14(18)15(4-5-15)13-7-11(21-17-13)9-2-3-10-12(6-9)20-8-19-10/h2-3,6-7H,4-5,8H2,1H3,(H,16,18). The average molecular weight is 286 g/mol. The van der Waals surface area contributed by atoms with Gasteiger partial charge in [0.15, 0.2) is 17.3 Å². The number of fused-ring (bicyclic) bond motifs is 1. The van der Waals surface area contributed by atoms with Crippen LogP contribution < -0.4 is 14.8 Å². The second-order valence-electron chi connectivity index (χ2n) is 5.31. The highest BCUT2D eigenvalue weighted by Crippen LogP contribution is 2.48. The van der Waals surface area contributed by atoms with Crippen molar-refractivity contribution in [3.8, 4) is 22.8 Å². The number of nitrogens with one attached hydrogen (secondary N) is 1. The topological polar surface area (TPSA) is 73.6 Å². The number of carbonyl (C=O) groups excluding carboxylic acids is 1. The Morgan fingerprint density at radius 1 is 1.24 bits per heavy atom. The molecule has 1 aromatic carbocycles. The van der Waals surface area contributed by atoms with Crippen molar-refractivity contribution in [1.29, 1.82) is 0 Å². The third-order valence-electron chi connectivity index (χ3n) is 4.07. The van der Waals surface area contributed by atoms with E-state index in [2.05, 4.69) is 10.5 Å². The van der Waals surface area contributed by atoms with Gasteiger partial charge in [-0.1, -0.05) is 5.16 Å². The Labute approximate surface area is 121 Å². The van der Waals surface area contributed by atoms with Gasteiger partial charge in [-0.05, 0) is 31.0 Å². The first-order valence-corrected chi connectivity index (χ1v) is 6.82. The van der Waals surface area contributed by atoms with Crippen LogP contribution in [-0.4, -0.2) is 24.9 Å². The fraction of sp³-hybridized carbons (Fsp3) is 0.333. The fourth-order valence-electron chi connectivity index (χ4n) is 2.65. The summed E-state index contributed by atoms with van der Waals surface area (Å²) in [6.07, 6.45) is 1.61. The van der Waals surface area contributed by atoms with Gasteiger partial charge in [0, 0.05) is 18.7 Å². The Morgan fingerprint density at radius 3 is 2.81 bits per heavy atom.